The van der Waals surface area contributed by atoms with Crippen molar-refractivity contribution in [2.24, 2.45) is 0 Å². The Labute approximate surface area is 353 Å². The van der Waals surface area contributed by atoms with E-state index >= 15 is 0 Å². The molecule has 6 heterocycles. The fourth-order valence-corrected chi connectivity index (χ4v) is 5.93. The zero-order chi connectivity index (χ0) is 42.5. The van der Waals surface area contributed by atoms with E-state index in [0.29, 0.717) is 82.9 Å². The Hall–Kier alpha value is -6.04. The number of aromatic amines is 1. The average molecular weight is 850 g/mol. The van der Waals surface area contributed by atoms with Crippen LogP contribution in [0, 0.1) is 11.6 Å². The number of nitrogens with one attached hydrogen (secondary N) is 1. The number of alkyl halides is 1. The molecule has 0 saturated carbocycles. The fraction of sp³-hybridized carbons (Fsp3) is 0.333. The highest BCUT2D eigenvalue weighted by Gasteiger charge is 2.24. The summed E-state index contributed by atoms with van der Waals surface area (Å²) in [4.78, 5) is 43.9. The average Bonchev–Trinajstić information content (AvgIpc) is 3.96. The summed E-state index contributed by atoms with van der Waals surface area (Å²) < 4.78 is 53.1. The molecule has 60 heavy (non-hydrogen) atoms. The zero-order valence-corrected chi connectivity index (χ0v) is 32.9. The fourth-order valence-electron chi connectivity index (χ4n) is 5.76. The standard InChI is InChI=1S/C20H20FN5O2.C15H13FN4.C5H8ClNO2.CH3F.CH4/c21-17-6-3-15(4-7-17)5-8-18-23-19(16-2-1-9-22-14-16)24-26(18)20(27)25-10-12-28-13-11-25;16-13-6-3-11(4-7-13)5-8-14-18-15(20-19-14)12-2-1-9-17-10-12;6-5(8)7-1-3-9-4-2-7;1-2;/h1-4,6-7,9,14H,5,8,10-13H2;1-4,6-7,9-10H,5,8H2,(H,18,19,20);1-4H2;1H3;1H4/i;;;1D;. The highest BCUT2D eigenvalue weighted by atomic mass is 35.5. The summed E-state index contributed by atoms with van der Waals surface area (Å²) in [7, 11) is -1.00. The van der Waals surface area contributed by atoms with E-state index < -0.39 is 7.15 Å². The van der Waals surface area contributed by atoms with Gasteiger partial charge in [-0.15, -0.1) is 5.10 Å². The number of aromatic nitrogens is 8. The topological polar surface area (TPSA) is 157 Å². The first kappa shape index (κ1) is 45.1. The van der Waals surface area contributed by atoms with Gasteiger partial charge in [-0.2, -0.15) is 9.78 Å². The Kier molecular flexibility index (Phi) is 18.6. The minimum Gasteiger partial charge on any atom is -0.378 e. The van der Waals surface area contributed by atoms with Crippen LogP contribution in [0.3, 0.4) is 0 Å². The molecule has 8 rings (SSSR count). The number of ether oxygens (including phenoxy) is 2. The predicted molar refractivity (Wildman–Crippen MR) is 221 cm³/mol. The van der Waals surface area contributed by atoms with Gasteiger partial charge in [0.2, 0.25) is 0 Å². The molecule has 0 bridgehead atoms. The number of H-pyrrole nitrogens is 1. The molecule has 0 spiro atoms. The van der Waals surface area contributed by atoms with Crippen LogP contribution in [0.2, 0.25) is 0 Å². The summed E-state index contributed by atoms with van der Waals surface area (Å²) in [6.07, 6.45) is 9.45. The molecule has 2 fully saturated rings. The zero-order valence-electron chi connectivity index (χ0n) is 33.1. The lowest BCUT2D eigenvalue weighted by atomic mass is 10.1. The van der Waals surface area contributed by atoms with E-state index in [2.05, 4.69) is 35.2 Å². The highest BCUT2D eigenvalue weighted by molar-refractivity contribution is 6.62. The number of benzene rings is 2. The summed E-state index contributed by atoms with van der Waals surface area (Å²) >= 11 is 5.19. The van der Waals surface area contributed by atoms with Crippen LogP contribution in [0.5, 0.6) is 0 Å². The van der Waals surface area contributed by atoms with Crippen molar-refractivity contribution in [1.82, 2.24) is 49.7 Å². The molecule has 2 aliphatic rings. The normalized spacial score (nSPS) is 13.5. The monoisotopic (exact) mass is 849 g/mol. The Bertz CT molecular complexity index is 2180. The lowest BCUT2D eigenvalue weighted by molar-refractivity contribution is 0.0527. The van der Waals surface area contributed by atoms with Crippen molar-refractivity contribution in [3.05, 3.63) is 132 Å². The van der Waals surface area contributed by atoms with Gasteiger partial charge < -0.3 is 19.3 Å². The van der Waals surface area contributed by atoms with Gasteiger partial charge >= 0.3 is 11.4 Å². The second-order valence-corrected chi connectivity index (χ2v) is 13.2. The Balaban J connectivity index is 0.000000215. The molecule has 2 amide bonds. The number of amides is 2. The van der Waals surface area contributed by atoms with Crippen LogP contribution in [0.15, 0.2) is 97.6 Å². The van der Waals surface area contributed by atoms with Gasteiger partial charge in [-0.3, -0.25) is 24.3 Å². The lowest BCUT2D eigenvalue weighted by Crippen LogP contribution is -2.43. The molecular formula is C42H48ClF3N10O4. The number of nitrogens with zero attached hydrogens (tertiary/aromatic N) is 9. The second kappa shape index (κ2) is 24.8. The summed E-state index contributed by atoms with van der Waals surface area (Å²) in [5.41, 5.74) is 3.68. The van der Waals surface area contributed by atoms with Crippen molar-refractivity contribution >= 4 is 23.0 Å². The maximum absolute atomic E-state index is 13.1. The van der Waals surface area contributed by atoms with Gasteiger partial charge in [0.1, 0.15) is 23.3 Å². The third kappa shape index (κ3) is 14.4. The van der Waals surface area contributed by atoms with Crippen LogP contribution in [-0.2, 0) is 35.2 Å². The van der Waals surface area contributed by atoms with E-state index in [1.807, 2.05) is 18.2 Å². The number of hydrogen-bond donors (Lipinski definition) is 1. The number of morpholine rings is 2. The third-order valence-electron chi connectivity index (χ3n) is 8.88. The molecular weight excluding hydrogens is 801 g/mol. The largest absolute Gasteiger partial charge is 0.378 e. The van der Waals surface area contributed by atoms with E-state index in [4.69, 9.17) is 22.4 Å². The number of carbonyl (C=O) groups excluding carboxylic acids is 2. The Morgan fingerprint density at radius 1 is 0.733 bits per heavy atom. The molecule has 18 heteroatoms. The number of hydrogen-bond acceptors (Lipinski definition) is 10. The summed E-state index contributed by atoms with van der Waals surface area (Å²) in [5, 5.41) is 11.2. The number of aryl methyl sites for hydroxylation is 4. The van der Waals surface area contributed by atoms with Crippen molar-refractivity contribution < 1.29 is 33.6 Å². The maximum atomic E-state index is 13.1. The van der Waals surface area contributed by atoms with Crippen molar-refractivity contribution in [2.45, 2.75) is 33.1 Å². The van der Waals surface area contributed by atoms with Crippen molar-refractivity contribution in [2.75, 3.05) is 59.8 Å². The minimum absolute atomic E-state index is 0. The SMILES string of the molecule is C.Fc1ccc(CCc2nc(-c3cccnc3)n[nH]2)cc1.O=C(Cl)N1CCOCC1.O=C(N1CCOCC1)n1nc(-c2cccnc2)nc1CCc1ccc(F)cc1.[2H]CF. The van der Waals surface area contributed by atoms with Gasteiger partial charge in [0.25, 0.3) is 0 Å². The molecule has 2 aromatic carbocycles. The maximum Gasteiger partial charge on any atom is 0.346 e. The third-order valence-corrected chi connectivity index (χ3v) is 9.12. The first-order valence-corrected chi connectivity index (χ1v) is 19.0. The van der Waals surface area contributed by atoms with Crippen LogP contribution in [0.4, 0.5) is 22.8 Å². The van der Waals surface area contributed by atoms with Gasteiger partial charge in [-0.1, -0.05) is 31.7 Å². The lowest BCUT2D eigenvalue weighted by Gasteiger charge is -2.26. The molecule has 1 N–H and O–H groups in total. The molecule has 4 aromatic heterocycles. The van der Waals surface area contributed by atoms with Gasteiger partial charge in [0.05, 0.1) is 35.0 Å². The number of carbonyl (C=O) groups is 2. The van der Waals surface area contributed by atoms with Crippen LogP contribution in [-0.4, -0.2) is 121 Å². The molecule has 0 radical (unpaired) electrons. The smallest absolute Gasteiger partial charge is 0.346 e. The number of halogens is 4. The van der Waals surface area contributed by atoms with Crippen LogP contribution < -0.4 is 0 Å². The number of pyridine rings is 2. The van der Waals surface area contributed by atoms with Gasteiger partial charge in [0, 0.05) is 74.9 Å². The predicted octanol–water partition coefficient (Wildman–Crippen LogP) is 7.25. The molecule has 2 aliphatic heterocycles. The van der Waals surface area contributed by atoms with Gasteiger partial charge in [-0.05, 0) is 84.1 Å². The minimum atomic E-state index is -1.00. The van der Waals surface area contributed by atoms with E-state index in [0.717, 1.165) is 40.9 Å². The summed E-state index contributed by atoms with van der Waals surface area (Å²) in [6.45, 7) is 4.56. The molecule has 2 saturated heterocycles. The molecule has 6 aromatic rings. The van der Waals surface area contributed by atoms with Gasteiger partial charge in [0.15, 0.2) is 11.6 Å². The summed E-state index contributed by atoms with van der Waals surface area (Å²) in [5.74, 6) is 2.00. The Morgan fingerprint density at radius 2 is 1.23 bits per heavy atom. The molecule has 0 unspecified atom stereocenters. The molecule has 318 valence electrons. The van der Waals surface area contributed by atoms with Crippen LogP contribution in [0.25, 0.3) is 22.8 Å². The second-order valence-electron chi connectivity index (χ2n) is 12.8. The van der Waals surface area contributed by atoms with Crippen LogP contribution in [0.1, 0.15) is 31.6 Å². The van der Waals surface area contributed by atoms with Crippen molar-refractivity contribution in [1.29, 1.82) is 0 Å². The summed E-state index contributed by atoms with van der Waals surface area (Å²) in [6, 6.07) is 20.1. The van der Waals surface area contributed by atoms with E-state index in [9.17, 15) is 22.8 Å². The quantitative estimate of drug-likeness (QED) is 0.122. The van der Waals surface area contributed by atoms with E-state index in [-0.39, 0.29) is 30.5 Å². The first-order valence-electron chi connectivity index (χ1n) is 19.4. The van der Waals surface area contributed by atoms with E-state index in [1.165, 1.54) is 28.9 Å². The highest BCUT2D eigenvalue weighted by Crippen LogP contribution is 2.18. The molecule has 14 nitrogen and oxygen atoms in total. The molecule has 0 aliphatic carbocycles. The molecule has 0 atom stereocenters. The number of rotatable bonds is 8. The Morgan fingerprint density at radius 3 is 1.72 bits per heavy atom. The van der Waals surface area contributed by atoms with Gasteiger partial charge in [-0.25, -0.2) is 23.5 Å². The van der Waals surface area contributed by atoms with Crippen molar-refractivity contribution in [3.8, 4) is 22.8 Å². The van der Waals surface area contributed by atoms with E-state index in [1.54, 1.807) is 64.9 Å². The van der Waals surface area contributed by atoms with Crippen LogP contribution >= 0.6 is 11.6 Å². The van der Waals surface area contributed by atoms with Crippen molar-refractivity contribution in [3.63, 3.8) is 0 Å². The first-order chi connectivity index (χ1) is 29.2.